The van der Waals surface area contributed by atoms with E-state index in [9.17, 15) is 13.2 Å². The monoisotopic (exact) mass is 507 g/mol. The summed E-state index contributed by atoms with van der Waals surface area (Å²) in [6.07, 6.45) is 1.26. The Bertz CT molecular complexity index is 1710. The fourth-order valence-electron chi connectivity index (χ4n) is 3.83. The first kappa shape index (κ1) is 22.7. The highest BCUT2D eigenvalue weighted by Gasteiger charge is 2.18. The smallest absolute Gasteiger partial charge is 0.263 e. The second-order valence-electron chi connectivity index (χ2n) is 7.58. The van der Waals surface area contributed by atoms with Crippen LogP contribution < -0.4 is 15.0 Å². The molecule has 0 unspecified atom stereocenters. The number of rotatable bonds is 6. The van der Waals surface area contributed by atoms with Crippen molar-refractivity contribution in [2.75, 3.05) is 11.8 Å². The van der Waals surface area contributed by atoms with Gasteiger partial charge in [0.2, 0.25) is 0 Å². The summed E-state index contributed by atoms with van der Waals surface area (Å²) in [7, 11) is -2.40. The van der Waals surface area contributed by atoms with Crippen molar-refractivity contribution in [2.45, 2.75) is 4.90 Å². The largest absolute Gasteiger partial charge is 0.495 e. The normalized spacial score (nSPS) is 11.5. The van der Waals surface area contributed by atoms with Gasteiger partial charge in [0.15, 0.2) is 5.82 Å². The number of halogens is 1. The van der Waals surface area contributed by atoms with Gasteiger partial charge in [0.25, 0.3) is 15.6 Å². The van der Waals surface area contributed by atoms with E-state index in [0.717, 1.165) is 11.1 Å². The number of benzene rings is 3. The molecular weight excluding hydrogens is 490 g/mol. The van der Waals surface area contributed by atoms with Crippen molar-refractivity contribution in [3.63, 3.8) is 0 Å². The summed E-state index contributed by atoms with van der Waals surface area (Å²) in [6, 6.07) is 21.7. The van der Waals surface area contributed by atoms with Crippen molar-refractivity contribution in [3.8, 4) is 22.6 Å². The quantitative estimate of drug-likeness (QED) is 0.342. The van der Waals surface area contributed by atoms with E-state index in [2.05, 4.69) is 14.4 Å². The van der Waals surface area contributed by atoms with E-state index < -0.39 is 10.0 Å². The maximum Gasteiger partial charge on any atom is 0.263 e. The Balaban J connectivity index is 1.67. The highest BCUT2D eigenvalue weighted by Crippen LogP contribution is 2.34. The lowest BCUT2D eigenvalue weighted by atomic mass is 10.0. The third-order valence-corrected chi connectivity index (χ3v) is 7.14. The van der Waals surface area contributed by atoms with E-state index in [-0.39, 0.29) is 16.3 Å². The number of fused-ring (bicyclic) bond motifs is 1. The van der Waals surface area contributed by atoms with Crippen molar-refractivity contribution in [1.82, 2.24) is 9.72 Å². The molecule has 0 aliphatic heterocycles. The van der Waals surface area contributed by atoms with Crippen molar-refractivity contribution < 1.29 is 17.7 Å². The number of pyridine rings is 1. The van der Waals surface area contributed by atoms with Crippen LogP contribution in [-0.4, -0.2) is 25.3 Å². The van der Waals surface area contributed by atoms with E-state index >= 15 is 0 Å². The van der Waals surface area contributed by atoms with Crippen molar-refractivity contribution in [3.05, 3.63) is 101 Å². The molecule has 2 heterocycles. The molecule has 0 radical (unpaired) electrons. The molecule has 176 valence electrons. The summed E-state index contributed by atoms with van der Waals surface area (Å²) >= 11 is 6.40. The number of nitrogens with zero attached hydrogens (tertiary/aromatic N) is 2. The van der Waals surface area contributed by atoms with Crippen LogP contribution in [0.3, 0.4) is 0 Å². The van der Waals surface area contributed by atoms with Gasteiger partial charge in [0, 0.05) is 28.1 Å². The predicted octanol–water partition coefficient (Wildman–Crippen LogP) is 5.11. The molecule has 0 fully saturated rings. The maximum atomic E-state index is 13.0. The van der Waals surface area contributed by atoms with Gasteiger partial charge in [-0.3, -0.25) is 14.1 Å². The van der Waals surface area contributed by atoms with Gasteiger partial charge in [-0.25, -0.2) is 8.42 Å². The summed E-state index contributed by atoms with van der Waals surface area (Å²) < 4.78 is 39.7. The average Bonchev–Trinajstić information content (AvgIpc) is 3.36. The van der Waals surface area contributed by atoms with Crippen LogP contribution in [0.15, 0.2) is 99.3 Å². The van der Waals surface area contributed by atoms with Crippen molar-refractivity contribution >= 4 is 38.3 Å². The minimum Gasteiger partial charge on any atom is -0.495 e. The Morgan fingerprint density at radius 2 is 1.83 bits per heavy atom. The third-order valence-electron chi connectivity index (χ3n) is 5.46. The Kier molecular flexibility index (Phi) is 5.80. The molecule has 0 aliphatic carbocycles. The molecule has 3 aromatic carbocycles. The third kappa shape index (κ3) is 4.27. The fraction of sp³-hybridized carbons (Fsp3) is 0.0400. The molecule has 0 spiro atoms. The van der Waals surface area contributed by atoms with Crippen LogP contribution >= 0.6 is 11.6 Å². The lowest BCUT2D eigenvalue weighted by Crippen LogP contribution is -2.19. The summed E-state index contributed by atoms with van der Waals surface area (Å²) in [5.74, 6) is 0.538. The average molecular weight is 508 g/mol. The topological polar surface area (TPSA) is 103 Å². The Morgan fingerprint density at radius 1 is 1.00 bits per heavy atom. The molecule has 0 bridgehead atoms. The number of hydrogen-bond donors (Lipinski definition) is 1. The number of hydrogen-bond acceptors (Lipinski definition) is 6. The van der Waals surface area contributed by atoms with Crippen LogP contribution in [-0.2, 0) is 10.0 Å². The molecule has 10 heteroatoms. The SMILES string of the molecule is COc1ccc(-c2ccccc2Cl)cc1-n1c(=O)ccc2cc(S(=O)(=O)Nc3ccon3)ccc21. The number of aromatic nitrogens is 2. The zero-order valence-electron chi connectivity index (χ0n) is 18.3. The molecule has 2 aromatic heterocycles. The van der Waals surface area contributed by atoms with Crippen LogP contribution in [0.25, 0.3) is 27.7 Å². The van der Waals surface area contributed by atoms with Crippen molar-refractivity contribution in [2.24, 2.45) is 0 Å². The molecule has 0 amide bonds. The molecular formula is C25H18ClN3O5S. The number of sulfonamides is 1. The van der Waals surface area contributed by atoms with Gasteiger partial charge in [-0.15, -0.1) is 0 Å². The van der Waals surface area contributed by atoms with Crippen LogP contribution in [0.1, 0.15) is 0 Å². The van der Waals surface area contributed by atoms with Gasteiger partial charge in [-0.1, -0.05) is 41.0 Å². The predicted molar refractivity (Wildman–Crippen MR) is 134 cm³/mol. The second kappa shape index (κ2) is 8.94. The van der Waals surface area contributed by atoms with Gasteiger partial charge < -0.3 is 9.26 Å². The van der Waals surface area contributed by atoms with Gasteiger partial charge in [0.05, 0.1) is 23.2 Å². The summed E-state index contributed by atoms with van der Waals surface area (Å²) in [5.41, 5.74) is 2.30. The fourth-order valence-corrected chi connectivity index (χ4v) is 5.10. The molecule has 0 saturated heterocycles. The van der Waals surface area contributed by atoms with Gasteiger partial charge >= 0.3 is 0 Å². The molecule has 0 aliphatic rings. The van der Waals surface area contributed by atoms with E-state index in [4.69, 9.17) is 16.3 Å². The number of methoxy groups -OCH3 is 1. The Labute approximate surface area is 205 Å². The number of nitrogens with one attached hydrogen (secondary N) is 1. The number of anilines is 1. The van der Waals surface area contributed by atoms with Crippen molar-refractivity contribution in [1.29, 1.82) is 0 Å². The molecule has 5 aromatic rings. The molecule has 0 atom stereocenters. The summed E-state index contributed by atoms with van der Waals surface area (Å²) in [6.45, 7) is 0. The standard InChI is InChI=1S/C25H18ClN3O5S/c1-33-23-10-6-16(19-4-2-3-5-20(19)26)15-22(23)29-21-9-8-18(14-17(21)7-11-25(29)30)35(31,32)28-24-12-13-34-27-24/h2-15H,1H3,(H,27,28). The first-order chi connectivity index (χ1) is 16.9. The zero-order chi connectivity index (χ0) is 24.6. The molecule has 5 rings (SSSR count). The molecule has 0 saturated carbocycles. The van der Waals surface area contributed by atoms with Crippen LogP contribution in [0.5, 0.6) is 5.75 Å². The maximum absolute atomic E-state index is 13.0. The zero-order valence-corrected chi connectivity index (χ0v) is 19.9. The lowest BCUT2D eigenvalue weighted by molar-refractivity contribution is 0.413. The van der Waals surface area contributed by atoms with Gasteiger partial charge in [-0.2, -0.15) is 0 Å². The minimum absolute atomic E-state index is 0.00924. The van der Waals surface area contributed by atoms with Crippen LogP contribution in [0.2, 0.25) is 5.02 Å². The molecule has 1 N–H and O–H groups in total. The van der Waals surface area contributed by atoms with Crippen LogP contribution in [0.4, 0.5) is 5.82 Å². The molecule has 8 nitrogen and oxygen atoms in total. The molecule has 35 heavy (non-hydrogen) atoms. The highest BCUT2D eigenvalue weighted by atomic mass is 35.5. The van der Waals surface area contributed by atoms with E-state index in [1.807, 2.05) is 30.3 Å². The van der Waals surface area contributed by atoms with E-state index in [1.54, 1.807) is 24.3 Å². The highest BCUT2D eigenvalue weighted by molar-refractivity contribution is 7.92. The lowest BCUT2D eigenvalue weighted by Gasteiger charge is -2.16. The summed E-state index contributed by atoms with van der Waals surface area (Å²) in [5, 5.41) is 4.69. The Hall–Kier alpha value is -4.08. The van der Waals surface area contributed by atoms with E-state index in [1.165, 1.54) is 42.2 Å². The first-order valence-corrected chi connectivity index (χ1v) is 12.3. The second-order valence-corrected chi connectivity index (χ2v) is 9.67. The van der Waals surface area contributed by atoms with Gasteiger partial charge in [0.1, 0.15) is 12.0 Å². The van der Waals surface area contributed by atoms with E-state index in [0.29, 0.717) is 27.4 Å². The Morgan fingerprint density at radius 3 is 2.57 bits per heavy atom. The van der Waals surface area contributed by atoms with Gasteiger partial charge in [-0.05, 0) is 48.0 Å². The van der Waals surface area contributed by atoms with Crippen LogP contribution in [0, 0.1) is 0 Å². The summed E-state index contributed by atoms with van der Waals surface area (Å²) in [4.78, 5) is 13.1. The number of ether oxygens (including phenoxy) is 1. The minimum atomic E-state index is -3.92. The first-order valence-electron chi connectivity index (χ1n) is 10.4.